The van der Waals surface area contributed by atoms with Crippen molar-refractivity contribution in [2.45, 2.75) is 6.54 Å². The van der Waals surface area contributed by atoms with Crippen LogP contribution in [0.25, 0.3) is 27.6 Å². The van der Waals surface area contributed by atoms with Gasteiger partial charge in [-0.1, -0.05) is 48.5 Å². The fourth-order valence-corrected chi connectivity index (χ4v) is 4.06. The lowest BCUT2D eigenvalue weighted by atomic mass is 10.2. The number of amides is 1. The molecule has 8 nitrogen and oxygen atoms in total. The third-order valence-electron chi connectivity index (χ3n) is 5.67. The zero-order chi connectivity index (χ0) is 23.7. The molecule has 0 fully saturated rings. The van der Waals surface area contributed by atoms with Gasteiger partial charge in [0.1, 0.15) is 5.82 Å². The van der Waals surface area contributed by atoms with Gasteiger partial charge in [0.25, 0.3) is 5.91 Å². The maximum atomic E-state index is 12.9. The molecule has 0 saturated carbocycles. The summed E-state index contributed by atoms with van der Waals surface area (Å²) < 4.78 is 12.8. The van der Waals surface area contributed by atoms with Crippen molar-refractivity contribution < 1.29 is 14.3 Å². The van der Waals surface area contributed by atoms with Crippen LogP contribution in [0.4, 0.5) is 5.82 Å². The second-order valence-electron chi connectivity index (χ2n) is 7.69. The quantitative estimate of drug-likeness (QED) is 0.401. The number of nitrogen functional groups attached to an aromatic ring is 1. The maximum absolute atomic E-state index is 12.9. The molecule has 0 unspecified atom stereocenters. The van der Waals surface area contributed by atoms with Crippen molar-refractivity contribution in [1.82, 2.24) is 19.9 Å². The summed E-state index contributed by atoms with van der Waals surface area (Å²) in [4.78, 5) is 21.9. The summed E-state index contributed by atoms with van der Waals surface area (Å²) >= 11 is 0. The lowest BCUT2D eigenvalue weighted by Crippen LogP contribution is -2.25. The number of methoxy groups -OCH3 is 2. The fourth-order valence-electron chi connectivity index (χ4n) is 4.06. The Balaban J connectivity index is 1.65. The van der Waals surface area contributed by atoms with Gasteiger partial charge in [-0.05, 0) is 23.8 Å². The molecule has 2 heterocycles. The van der Waals surface area contributed by atoms with Gasteiger partial charge in [0.05, 0.1) is 30.8 Å². The van der Waals surface area contributed by atoms with E-state index in [-0.39, 0.29) is 11.6 Å². The number of carbonyl (C=O) groups is 1. The molecule has 0 radical (unpaired) electrons. The van der Waals surface area contributed by atoms with E-state index in [1.807, 2.05) is 77.4 Å². The number of anilines is 1. The molecule has 0 saturated heterocycles. The number of aromatic nitrogens is 3. The zero-order valence-corrected chi connectivity index (χ0v) is 18.8. The van der Waals surface area contributed by atoms with Gasteiger partial charge >= 0.3 is 0 Å². The topological polar surface area (TPSA) is 104 Å². The molecule has 0 aliphatic carbocycles. The van der Waals surface area contributed by atoms with Crippen molar-refractivity contribution in [2.75, 3.05) is 20.0 Å². The lowest BCUT2D eigenvalue weighted by molar-refractivity contribution is 0.0941. The Bertz CT molecular complexity index is 1510. The van der Waals surface area contributed by atoms with Crippen LogP contribution in [0.3, 0.4) is 0 Å². The lowest BCUT2D eigenvalue weighted by Gasteiger charge is -2.12. The largest absolute Gasteiger partial charge is 0.493 e. The average Bonchev–Trinajstić information content (AvgIpc) is 3.22. The minimum Gasteiger partial charge on any atom is -0.493 e. The number of para-hydroxylation sites is 1. The van der Waals surface area contributed by atoms with Crippen LogP contribution in [0.2, 0.25) is 0 Å². The third-order valence-corrected chi connectivity index (χ3v) is 5.67. The van der Waals surface area contributed by atoms with Gasteiger partial charge in [-0.3, -0.25) is 9.36 Å². The highest BCUT2D eigenvalue weighted by atomic mass is 16.5. The van der Waals surface area contributed by atoms with E-state index >= 15 is 0 Å². The monoisotopic (exact) mass is 453 g/mol. The minimum atomic E-state index is -0.401. The summed E-state index contributed by atoms with van der Waals surface area (Å²) in [7, 11) is 3.18. The number of carbonyl (C=O) groups excluding carboxylic acids is 1. The molecule has 0 spiro atoms. The number of hydrogen-bond donors (Lipinski definition) is 2. The Kier molecular flexibility index (Phi) is 5.47. The van der Waals surface area contributed by atoms with Crippen LogP contribution in [0.5, 0.6) is 11.5 Å². The number of benzene rings is 3. The molecule has 2 aromatic heterocycles. The highest BCUT2D eigenvalue weighted by Gasteiger charge is 2.21. The molecular formula is C26H23N5O3. The van der Waals surface area contributed by atoms with Crippen molar-refractivity contribution in [3.63, 3.8) is 0 Å². The number of nitrogens with one attached hydrogen (secondary N) is 1. The first-order valence-electron chi connectivity index (χ1n) is 10.7. The summed E-state index contributed by atoms with van der Waals surface area (Å²) in [5.74, 6) is 1.04. The molecule has 3 aromatic carbocycles. The van der Waals surface area contributed by atoms with Crippen LogP contribution in [-0.2, 0) is 6.54 Å². The summed E-state index contributed by atoms with van der Waals surface area (Å²) in [5.41, 5.74) is 9.55. The van der Waals surface area contributed by atoms with Crippen molar-refractivity contribution in [3.05, 3.63) is 84.2 Å². The molecule has 5 aromatic rings. The van der Waals surface area contributed by atoms with Crippen molar-refractivity contribution in [3.8, 4) is 17.2 Å². The summed E-state index contributed by atoms with van der Waals surface area (Å²) in [5, 5.41) is 4.44. The van der Waals surface area contributed by atoms with E-state index in [9.17, 15) is 4.79 Å². The second kappa shape index (κ2) is 8.74. The first-order chi connectivity index (χ1) is 16.6. The molecule has 1 amide bonds. The van der Waals surface area contributed by atoms with E-state index in [1.54, 1.807) is 14.2 Å². The molecule has 3 N–H and O–H groups in total. The Morgan fingerprint density at radius 3 is 2.44 bits per heavy atom. The van der Waals surface area contributed by atoms with E-state index in [0.29, 0.717) is 29.1 Å². The van der Waals surface area contributed by atoms with Crippen LogP contribution in [0.1, 0.15) is 16.2 Å². The SMILES string of the molecule is COc1ccc(-n2c3ccccc3c3c(N)nc(C(=O)NCc4ccccc4)nc32)cc1OC. The van der Waals surface area contributed by atoms with Crippen molar-refractivity contribution in [1.29, 1.82) is 0 Å². The number of rotatable bonds is 6. The average molecular weight is 454 g/mol. The van der Waals surface area contributed by atoms with Crippen LogP contribution < -0.4 is 20.5 Å². The third kappa shape index (κ3) is 3.65. The van der Waals surface area contributed by atoms with Crippen LogP contribution >= 0.6 is 0 Å². The van der Waals surface area contributed by atoms with E-state index in [1.165, 1.54) is 0 Å². The van der Waals surface area contributed by atoms with E-state index in [2.05, 4.69) is 15.3 Å². The van der Waals surface area contributed by atoms with Gasteiger partial charge in [0.15, 0.2) is 17.1 Å². The Morgan fingerprint density at radius 2 is 1.68 bits per heavy atom. The van der Waals surface area contributed by atoms with Gasteiger partial charge in [-0.15, -0.1) is 0 Å². The summed E-state index contributed by atoms with van der Waals surface area (Å²) in [6.07, 6.45) is 0. The van der Waals surface area contributed by atoms with Gasteiger partial charge in [-0.2, -0.15) is 0 Å². The van der Waals surface area contributed by atoms with Gasteiger partial charge < -0.3 is 20.5 Å². The number of nitrogens with zero attached hydrogens (tertiary/aromatic N) is 3. The van der Waals surface area contributed by atoms with Crippen molar-refractivity contribution >= 4 is 33.7 Å². The van der Waals surface area contributed by atoms with Gasteiger partial charge in [0.2, 0.25) is 5.82 Å². The number of fused-ring (bicyclic) bond motifs is 3. The normalized spacial score (nSPS) is 11.0. The molecule has 0 bridgehead atoms. The Labute approximate surface area is 196 Å². The number of hydrogen-bond acceptors (Lipinski definition) is 6. The molecule has 34 heavy (non-hydrogen) atoms. The second-order valence-corrected chi connectivity index (χ2v) is 7.69. The van der Waals surface area contributed by atoms with Crippen molar-refractivity contribution in [2.24, 2.45) is 0 Å². The number of nitrogens with two attached hydrogens (primary N) is 1. The molecule has 0 aliphatic rings. The predicted octanol–water partition coefficient (Wildman–Crippen LogP) is 4.10. The number of ether oxygens (including phenoxy) is 2. The highest BCUT2D eigenvalue weighted by Crippen LogP contribution is 2.36. The standard InChI is InChI=1S/C26H23N5O3/c1-33-20-13-12-17(14-21(20)34-2)31-19-11-7-6-10-18(19)22-23(27)29-24(30-25(22)31)26(32)28-15-16-8-4-3-5-9-16/h3-14H,15H2,1-2H3,(H,28,32)(H2,27,29,30). The smallest absolute Gasteiger partial charge is 0.289 e. The molecule has 0 aliphatic heterocycles. The highest BCUT2D eigenvalue weighted by molar-refractivity contribution is 6.13. The van der Waals surface area contributed by atoms with Gasteiger partial charge in [-0.25, -0.2) is 9.97 Å². The summed E-state index contributed by atoms with van der Waals surface area (Å²) in [6, 6.07) is 23.0. The van der Waals surface area contributed by atoms with E-state index in [4.69, 9.17) is 15.2 Å². The molecular weight excluding hydrogens is 430 g/mol. The Hall–Kier alpha value is -4.59. The van der Waals surface area contributed by atoms with E-state index < -0.39 is 5.91 Å². The fraction of sp³-hybridized carbons (Fsp3) is 0.115. The van der Waals surface area contributed by atoms with Crippen LogP contribution in [0.15, 0.2) is 72.8 Å². The predicted molar refractivity (Wildman–Crippen MR) is 131 cm³/mol. The van der Waals surface area contributed by atoms with Gasteiger partial charge in [0, 0.05) is 18.0 Å². The first-order valence-corrected chi connectivity index (χ1v) is 10.7. The maximum Gasteiger partial charge on any atom is 0.289 e. The van der Waals surface area contributed by atoms with Crippen LogP contribution in [-0.4, -0.2) is 34.7 Å². The molecule has 5 rings (SSSR count). The summed E-state index contributed by atoms with van der Waals surface area (Å²) in [6.45, 7) is 0.361. The van der Waals surface area contributed by atoms with Crippen LogP contribution in [0, 0.1) is 0 Å². The Morgan fingerprint density at radius 1 is 0.941 bits per heavy atom. The minimum absolute atomic E-state index is 0.00506. The van der Waals surface area contributed by atoms with E-state index in [0.717, 1.165) is 22.2 Å². The zero-order valence-electron chi connectivity index (χ0n) is 18.8. The molecule has 0 atom stereocenters. The molecule has 8 heteroatoms. The molecule has 170 valence electrons. The first kappa shape index (κ1) is 21.3.